The van der Waals surface area contributed by atoms with Crippen molar-refractivity contribution in [1.82, 2.24) is 4.98 Å². The smallest absolute Gasteiger partial charge is 0.213 e. The number of nitrogens with zero attached hydrogens (tertiary/aromatic N) is 1. The SMILES string of the molecule is COc1ccc(NC2CCc3cc(N)ccc32)cn1. The summed E-state index contributed by atoms with van der Waals surface area (Å²) in [5.41, 5.74) is 10.3. The molecule has 98 valence electrons. The van der Waals surface area contributed by atoms with Gasteiger partial charge in [0, 0.05) is 11.8 Å². The van der Waals surface area contributed by atoms with Gasteiger partial charge < -0.3 is 15.8 Å². The molecule has 0 bridgehead atoms. The lowest BCUT2D eigenvalue weighted by atomic mass is 10.1. The van der Waals surface area contributed by atoms with Gasteiger partial charge in [0.05, 0.1) is 25.0 Å². The van der Waals surface area contributed by atoms with Crippen molar-refractivity contribution >= 4 is 11.4 Å². The van der Waals surface area contributed by atoms with Crippen LogP contribution >= 0.6 is 0 Å². The molecule has 0 amide bonds. The molecule has 4 nitrogen and oxygen atoms in total. The van der Waals surface area contributed by atoms with E-state index in [2.05, 4.69) is 22.4 Å². The van der Waals surface area contributed by atoms with Crippen molar-refractivity contribution in [3.8, 4) is 5.88 Å². The van der Waals surface area contributed by atoms with Gasteiger partial charge in [0.25, 0.3) is 0 Å². The Morgan fingerprint density at radius 1 is 1.32 bits per heavy atom. The first-order valence-electron chi connectivity index (χ1n) is 6.41. The second kappa shape index (κ2) is 4.80. The number of fused-ring (bicyclic) bond motifs is 1. The molecule has 0 radical (unpaired) electrons. The van der Waals surface area contributed by atoms with Gasteiger partial charge in [-0.05, 0) is 42.2 Å². The highest BCUT2D eigenvalue weighted by Crippen LogP contribution is 2.34. The normalized spacial score (nSPS) is 17.0. The van der Waals surface area contributed by atoms with Gasteiger partial charge in [0.1, 0.15) is 0 Å². The summed E-state index contributed by atoms with van der Waals surface area (Å²) < 4.78 is 5.06. The number of nitrogens with one attached hydrogen (secondary N) is 1. The predicted molar refractivity (Wildman–Crippen MR) is 76.3 cm³/mol. The molecule has 1 atom stereocenters. The molecule has 4 heteroatoms. The van der Waals surface area contributed by atoms with Crippen LogP contribution in [0.4, 0.5) is 11.4 Å². The summed E-state index contributed by atoms with van der Waals surface area (Å²) in [6, 6.07) is 10.3. The summed E-state index contributed by atoms with van der Waals surface area (Å²) >= 11 is 0. The number of aryl methyl sites for hydroxylation is 1. The predicted octanol–water partition coefficient (Wildman–Crippen LogP) is 2.77. The zero-order valence-corrected chi connectivity index (χ0v) is 10.9. The van der Waals surface area contributed by atoms with Gasteiger partial charge in [-0.25, -0.2) is 4.98 Å². The van der Waals surface area contributed by atoms with E-state index in [0.717, 1.165) is 24.2 Å². The van der Waals surface area contributed by atoms with Crippen LogP contribution in [0.1, 0.15) is 23.6 Å². The lowest BCUT2D eigenvalue weighted by Crippen LogP contribution is -2.07. The number of hydrogen-bond donors (Lipinski definition) is 2. The highest BCUT2D eigenvalue weighted by Gasteiger charge is 2.22. The van der Waals surface area contributed by atoms with E-state index < -0.39 is 0 Å². The van der Waals surface area contributed by atoms with Crippen molar-refractivity contribution in [2.45, 2.75) is 18.9 Å². The van der Waals surface area contributed by atoms with E-state index in [-0.39, 0.29) is 0 Å². The van der Waals surface area contributed by atoms with Crippen molar-refractivity contribution in [2.75, 3.05) is 18.2 Å². The summed E-state index contributed by atoms with van der Waals surface area (Å²) in [5, 5.41) is 3.51. The lowest BCUT2D eigenvalue weighted by molar-refractivity contribution is 0.398. The molecule has 3 N–H and O–H groups in total. The molecule has 1 aliphatic carbocycles. The molecule has 1 aliphatic rings. The molecule has 19 heavy (non-hydrogen) atoms. The van der Waals surface area contributed by atoms with Crippen LogP contribution in [-0.4, -0.2) is 12.1 Å². The third-order valence-electron chi connectivity index (χ3n) is 3.53. The molecule has 0 fully saturated rings. The number of nitrogens with two attached hydrogens (primary N) is 1. The van der Waals surface area contributed by atoms with Crippen LogP contribution in [0.15, 0.2) is 36.5 Å². The number of aromatic nitrogens is 1. The lowest BCUT2D eigenvalue weighted by Gasteiger charge is -2.15. The summed E-state index contributed by atoms with van der Waals surface area (Å²) in [4.78, 5) is 4.20. The largest absolute Gasteiger partial charge is 0.481 e. The number of methoxy groups -OCH3 is 1. The number of nitrogen functional groups attached to an aromatic ring is 1. The van der Waals surface area contributed by atoms with E-state index >= 15 is 0 Å². The van der Waals surface area contributed by atoms with E-state index in [0.29, 0.717) is 11.9 Å². The summed E-state index contributed by atoms with van der Waals surface area (Å²) in [7, 11) is 1.62. The van der Waals surface area contributed by atoms with E-state index in [1.807, 2.05) is 18.2 Å². The average Bonchev–Trinajstić information content (AvgIpc) is 2.82. The molecule has 3 rings (SSSR count). The topological polar surface area (TPSA) is 60.2 Å². The molecular weight excluding hydrogens is 238 g/mol. The summed E-state index contributed by atoms with van der Waals surface area (Å²) in [5.74, 6) is 0.630. The Kier molecular flexibility index (Phi) is 2.99. The fourth-order valence-electron chi connectivity index (χ4n) is 2.57. The number of hydrogen-bond acceptors (Lipinski definition) is 4. The van der Waals surface area contributed by atoms with Gasteiger partial charge in [0.15, 0.2) is 0 Å². The van der Waals surface area contributed by atoms with Crippen molar-refractivity contribution in [1.29, 1.82) is 0 Å². The van der Waals surface area contributed by atoms with Crippen LogP contribution in [-0.2, 0) is 6.42 Å². The number of rotatable bonds is 3. The van der Waals surface area contributed by atoms with Crippen molar-refractivity contribution in [2.24, 2.45) is 0 Å². The first-order chi connectivity index (χ1) is 9.26. The number of ether oxygens (including phenoxy) is 1. The Balaban J connectivity index is 1.78. The van der Waals surface area contributed by atoms with Gasteiger partial charge >= 0.3 is 0 Å². The fourth-order valence-corrected chi connectivity index (χ4v) is 2.57. The van der Waals surface area contributed by atoms with E-state index in [4.69, 9.17) is 10.5 Å². The van der Waals surface area contributed by atoms with Gasteiger partial charge in [0.2, 0.25) is 5.88 Å². The van der Waals surface area contributed by atoms with Crippen LogP contribution in [0, 0.1) is 0 Å². The minimum atomic E-state index is 0.339. The van der Waals surface area contributed by atoms with Gasteiger partial charge in [-0.15, -0.1) is 0 Å². The zero-order chi connectivity index (χ0) is 13.2. The first kappa shape index (κ1) is 11.8. The average molecular weight is 255 g/mol. The van der Waals surface area contributed by atoms with Crippen molar-refractivity contribution in [3.05, 3.63) is 47.7 Å². The maximum Gasteiger partial charge on any atom is 0.213 e. The van der Waals surface area contributed by atoms with Crippen LogP contribution in [0.2, 0.25) is 0 Å². The van der Waals surface area contributed by atoms with Crippen molar-refractivity contribution < 1.29 is 4.74 Å². The van der Waals surface area contributed by atoms with Gasteiger partial charge in [-0.3, -0.25) is 0 Å². The molecule has 0 saturated heterocycles. The third-order valence-corrected chi connectivity index (χ3v) is 3.53. The molecule has 0 saturated carbocycles. The highest BCUT2D eigenvalue weighted by atomic mass is 16.5. The van der Waals surface area contributed by atoms with Crippen LogP contribution < -0.4 is 15.8 Å². The van der Waals surface area contributed by atoms with Crippen LogP contribution in [0.3, 0.4) is 0 Å². The molecule has 1 unspecified atom stereocenters. The minimum absolute atomic E-state index is 0.339. The quantitative estimate of drug-likeness (QED) is 0.828. The van der Waals surface area contributed by atoms with E-state index in [1.165, 1.54) is 11.1 Å². The molecule has 1 aromatic heterocycles. The van der Waals surface area contributed by atoms with Crippen LogP contribution in [0.5, 0.6) is 5.88 Å². The number of pyridine rings is 1. The fraction of sp³-hybridized carbons (Fsp3) is 0.267. The third kappa shape index (κ3) is 2.34. The van der Waals surface area contributed by atoms with E-state index in [9.17, 15) is 0 Å². The maximum absolute atomic E-state index is 5.82. The molecule has 2 aromatic rings. The van der Waals surface area contributed by atoms with Crippen LogP contribution in [0.25, 0.3) is 0 Å². The second-order valence-electron chi connectivity index (χ2n) is 4.78. The molecule has 0 spiro atoms. The Labute approximate surface area is 112 Å². The zero-order valence-electron chi connectivity index (χ0n) is 10.9. The van der Waals surface area contributed by atoms with Gasteiger partial charge in [-0.2, -0.15) is 0 Å². The standard InChI is InChI=1S/C15H17N3O/c1-19-15-7-4-12(9-17-15)18-14-6-2-10-8-11(16)3-5-13(10)14/h3-5,7-9,14,18H,2,6,16H2,1H3. The first-order valence-corrected chi connectivity index (χ1v) is 6.41. The Hall–Kier alpha value is -2.23. The molecular formula is C15H17N3O. The Morgan fingerprint density at radius 2 is 2.21 bits per heavy atom. The van der Waals surface area contributed by atoms with E-state index in [1.54, 1.807) is 13.3 Å². The van der Waals surface area contributed by atoms with Crippen molar-refractivity contribution in [3.63, 3.8) is 0 Å². The summed E-state index contributed by atoms with van der Waals surface area (Å²) in [6.07, 6.45) is 3.96. The highest BCUT2D eigenvalue weighted by molar-refractivity contribution is 5.52. The monoisotopic (exact) mass is 255 g/mol. The Morgan fingerprint density at radius 3 is 2.95 bits per heavy atom. The minimum Gasteiger partial charge on any atom is -0.481 e. The number of anilines is 2. The number of benzene rings is 1. The molecule has 0 aliphatic heterocycles. The molecule has 1 heterocycles. The summed E-state index contributed by atoms with van der Waals surface area (Å²) in [6.45, 7) is 0. The maximum atomic E-state index is 5.82. The second-order valence-corrected chi connectivity index (χ2v) is 4.78. The Bertz CT molecular complexity index is 580. The van der Waals surface area contributed by atoms with Gasteiger partial charge in [-0.1, -0.05) is 6.07 Å². The molecule has 1 aromatic carbocycles.